The van der Waals surface area contributed by atoms with Crippen LogP contribution in [0.15, 0.2) is 30.3 Å². The minimum absolute atomic E-state index is 0.0532. The number of carboxylic acid groups (broad SMARTS) is 1. The average Bonchev–Trinajstić information content (AvgIpc) is 2.46. The van der Waals surface area contributed by atoms with Gasteiger partial charge in [-0.2, -0.15) is 0 Å². The molecule has 0 saturated carbocycles. The van der Waals surface area contributed by atoms with E-state index in [2.05, 4.69) is 18.7 Å². The first kappa shape index (κ1) is 16.7. The fourth-order valence-electron chi connectivity index (χ4n) is 2.60. The SMILES string of the molecule is CCC(CC)N(CCO)CC(C(=O)O)c1ccccc1. The number of benzene rings is 1. The van der Waals surface area contributed by atoms with Gasteiger partial charge >= 0.3 is 5.97 Å². The van der Waals surface area contributed by atoms with Crippen molar-refractivity contribution in [3.8, 4) is 0 Å². The predicted octanol–water partition coefficient (Wildman–Crippen LogP) is 2.34. The molecule has 2 N–H and O–H groups in total. The van der Waals surface area contributed by atoms with Gasteiger partial charge in [0.15, 0.2) is 0 Å². The van der Waals surface area contributed by atoms with Crippen LogP contribution in [0, 0.1) is 0 Å². The monoisotopic (exact) mass is 279 g/mol. The molecule has 0 saturated heterocycles. The summed E-state index contributed by atoms with van der Waals surface area (Å²) < 4.78 is 0. The fraction of sp³-hybridized carbons (Fsp3) is 0.562. The van der Waals surface area contributed by atoms with E-state index >= 15 is 0 Å². The zero-order valence-corrected chi connectivity index (χ0v) is 12.3. The number of aliphatic hydroxyl groups excluding tert-OH is 1. The molecule has 1 atom stereocenters. The summed E-state index contributed by atoms with van der Waals surface area (Å²) in [6.45, 7) is 5.19. The molecular weight excluding hydrogens is 254 g/mol. The summed E-state index contributed by atoms with van der Waals surface area (Å²) in [5.74, 6) is -1.37. The van der Waals surface area contributed by atoms with Crippen molar-refractivity contribution >= 4 is 5.97 Å². The van der Waals surface area contributed by atoms with Crippen molar-refractivity contribution in [3.63, 3.8) is 0 Å². The Morgan fingerprint density at radius 3 is 2.25 bits per heavy atom. The van der Waals surface area contributed by atoms with Gasteiger partial charge in [-0.05, 0) is 18.4 Å². The van der Waals surface area contributed by atoms with E-state index in [-0.39, 0.29) is 6.61 Å². The van der Waals surface area contributed by atoms with Crippen LogP contribution in [0.5, 0.6) is 0 Å². The molecule has 4 nitrogen and oxygen atoms in total. The zero-order chi connectivity index (χ0) is 15.0. The molecule has 0 heterocycles. The molecule has 0 radical (unpaired) electrons. The highest BCUT2D eigenvalue weighted by atomic mass is 16.4. The topological polar surface area (TPSA) is 60.8 Å². The van der Waals surface area contributed by atoms with E-state index in [4.69, 9.17) is 0 Å². The molecule has 0 fully saturated rings. The van der Waals surface area contributed by atoms with Crippen molar-refractivity contribution in [2.24, 2.45) is 0 Å². The Morgan fingerprint density at radius 1 is 1.20 bits per heavy atom. The number of aliphatic hydroxyl groups is 1. The number of hydrogen-bond donors (Lipinski definition) is 2. The number of carboxylic acids is 1. The van der Waals surface area contributed by atoms with Crippen LogP contribution >= 0.6 is 0 Å². The van der Waals surface area contributed by atoms with Gasteiger partial charge in [-0.15, -0.1) is 0 Å². The lowest BCUT2D eigenvalue weighted by Crippen LogP contribution is -2.41. The average molecular weight is 279 g/mol. The summed E-state index contributed by atoms with van der Waals surface area (Å²) in [6, 6.07) is 9.62. The van der Waals surface area contributed by atoms with E-state index in [0.717, 1.165) is 18.4 Å². The first-order valence-electron chi connectivity index (χ1n) is 7.26. The van der Waals surface area contributed by atoms with Crippen LogP contribution in [0.3, 0.4) is 0 Å². The van der Waals surface area contributed by atoms with Gasteiger partial charge in [-0.1, -0.05) is 44.2 Å². The van der Waals surface area contributed by atoms with E-state index in [1.54, 1.807) is 0 Å². The van der Waals surface area contributed by atoms with Gasteiger partial charge in [-0.3, -0.25) is 9.69 Å². The van der Waals surface area contributed by atoms with Gasteiger partial charge in [0.05, 0.1) is 12.5 Å². The highest BCUT2D eigenvalue weighted by Gasteiger charge is 2.25. The van der Waals surface area contributed by atoms with Gasteiger partial charge in [0.2, 0.25) is 0 Å². The Balaban J connectivity index is 2.89. The number of rotatable bonds is 9. The molecule has 0 aliphatic carbocycles. The maximum Gasteiger partial charge on any atom is 0.312 e. The highest BCUT2D eigenvalue weighted by molar-refractivity contribution is 5.76. The summed E-state index contributed by atoms with van der Waals surface area (Å²) in [4.78, 5) is 13.6. The van der Waals surface area contributed by atoms with Crippen molar-refractivity contribution in [1.29, 1.82) is 0 Å². The Hall–Kier alpha value is -1.39. The second-order valence-corrected chi connectivity index (χ2v) is 4.99. The second-order valence-electron chi connectivity index (χ2n) is 4.99. The van der Waals surface area contributed by atoms with Crippen molar-refractivity contribution in [3.05, 3.63) is 35.9 Å². The zero-order valence-electron chi connectivity index (χ0n) is 12.3. The molecule has 0 aliphatic heterocycles. The van der Waals surface area contributed by atoms with Crippen molar-refractivity contribution in [2.75, 3.05) is 19.7 Å². The van der Waals surface area contributed by atoms with Crippen molar-refractivity contribution < 1.29 is 15.0 Å². The summed E-state index contributed by atoms with van der Waals surface area (Å²) in [5, 5.41) is 18.7. The van der Waals surface area contributed by atoms with Crippen LogP contribution in [0.1, 0.15) is 38.2 Å². The number of carbonyl (C=O) groups is 1. The van der Waals surface area contributed by atoms with Crippen LogP contribution in [0.2, 0.25) is 0 Å². The normalized spacial score (nSPS) is 12.8. The minimum atomic E-state index is -0.815. The molecule has 1 rings (SSSR count). The van der Waals surface area contributed by atoms with Crippen molar-refractivity contribution in [1.82, 2.24) is 4.90 Å². The summed E-state index contributed by atoms with van der Waals surface area (Å²) >= 11 is 0. The predicted molar refractivity (Wildman–Crippen MR) is 79.8 cm³/mol. The molecule has 1 unspecified atom stereocenters. The van der Waals surface area contributed by atoms with Crippen LogP contribution in [-0.4, -0.2) is 46.8 Å². The van der Waals surface area contributed by atoms with Crippen molar-refractivity contribution in [2.45, 2.75) is 38.6 Å². The molecule has 112 valence electrons. The first-order chi connectivity index (χ1) is 9.63. The van der Waals surface area contributed by atoms with Crippen LogP contribution in [-0.2, 0) is 4.79 Å². The molecule has 0 spiro atoms. The van der Waals surface area contributed by atoms with Crippen LogP contribution in [0.25, 0.3) is 0 Å². The molecule has 0 aliphatic rings. The van der Waals surface area contributed by atoms with E-state index in [0.29, 0.717) is 19.1 Å². The molecule has 0 aromatic heterocycles. The number of hydrogen-bond acceptors (Lipinski definition) is 3. The first-order valence-corrected chi connectivity index (χ1v) is 7.26. The van der Waals surface area contributed by atoms with Gasteiger partial charge in [0.25, 0.3) is 0 Å². The molecule has 0 bridgehead atoms. The van der Waals surface area contributed by atoms with Gasteiger partial charge < -0.3 is 10.2 Å². The molecule has 1 aromatic carbocycles. The third-order valence-electron chi connectivity index (χ3n) is 3.76. The van der Waals surface area contributed by atoms with Crippen LogP contribution in [0.4, 0.5) is 0 Å². The summed E-state index contributed by atoms with van der Waals surface area (Å²) in [5.41, 5.74) is 0.814. The Morgan fingerprint density at radius 2 is 1.80 bits per heavy atom. The van der Waals surface area contributed by atoms with Gasteiger partial charge in [-0.25, -0.2) is 0 Å². The molecule has 0 amide bonds. The molecule has 1 aromatic rings. The highest BCUT2D eigenvalue weighted by Crippen LogP contribution is 2.20. The van der Waals surface area contributed by atoms with E-state index < -0.39 is 11.9 Å². The third kappa shape index (κ3) is 4.62. The van der Waals surface area contributed by atoms with E-state index in [1.807, 2.05) is 30.3 Å². The largest absolute Gasteiger partial charge is 0.481 e. The summed E-state index contributed by atoms with van der Waals surface area (Å²) in [6.07, 6.45) is 1.91. The fourth-order valence-corrected chi connectivity index (χ4v) is 2.60. The Bertz CT molecular complexity index is 390. The quantitative estimate of drug-likeness (QED) is 0.728. The van der Waals surface area contributed by atoms with Crippen LogP contribution < -0.4 is 0 Å². The maximum atomic E-state index is 11.5. The number of nitrogens with zero attached hydrogens (tertiary/aromatic N) is 1. The molecular formula is C16H25NO3. The Labute approximate surface area is 121 Å². The van der Waals surface area contributed by atoms with Gasteiger partial charge in [0, 0.05) is 19.1 Å². The molecule has 20 heavy (non-hydrogen) atoms. The standard InChI is InChI=1S/C16H25NO3/c1-3-14(4-2)17(10-11-18)12-15(16(19)20)13-8-6-5-7-9-13/h5-9,14-15,18H,3-4,10-12H2,1-2H3,(H,19,20). The lowest BCUT2D eigenvalue weighted by molar-refractivity contribution is -0.139. The maximum absolute atomic E-state index is 11.5. The molecule has 4 heteroatoms. The Kier molecular flexibility index (Phi) is 7.26. The lowest BCUT2D eigenvalue weighted by atomic mass is 9.97. The summed E-state index contributed by atoms with van der Waals surface area (Å²) in [7, 11) is 0. The van der Waals surface area contributed by atoms with E-state index in [9.17, 15) is 15.0 Å². The second kappa shape index (κ2) is 8.72. The lowest BCUT2D eigenvalue weighted by Gasteiger charge is -2.32. The number of aliphatic carboxylic acids is 1. The van der Waals surface area contributed by atoms with E-state index in [1.165, 1.54) is 0 Å². The smallest absolute Gasteiger partial charge is 0.312 e. The van der Waals surface area contributed by atoms with Gasteiger partial charge in [0.1, 0.15) is 0 Å². The minimum Gasteiger partial charge on any atom is -0.481 e. The third-order valence-corrected chi connectivity index (χ3v) is 3.76.